The van der Waals surface area contributed by atoms with Gasteiger partial charge in [0.25, 0.3) is 0 Å². The van der Waals surface area contributed by atoms with E-state index in [9.17, 15) is 33.4 Å². The van der Waals surface area contributed by atoms with Crippen LogP contribution < -0.4 is 11.0 Å². The monoisotopic (exact) mass is 611 g/mol. The minimum absolute atomic E-state index is 0.0608. The SMILES string of the molecule is C[C@H](Nc1nc(Cl)nc2c1n(C)c(=O)n2[C@@H]1O[C@H](COP(=O)(O)CP(=O)(O)O)[C@@H](O)[C@H]1O)c1ccccc1F. The number of fused-ring (bicyclic) bond motifs is 1. The average Bonchev–Trinajstić information content (AvgIpc) is 3.23. The highest BCUT2D eigenvalue weighted by Gasteiger charge is 2.46. The van der Waals surface area contributed by atoms with E-state index in [1.54, 1.807) is 19.1 Å². The average molecular weight is 612 g/mol. The number of halogens is 2. The van der Waals surface area contributed by atoms with Crippen LogP contribution in [-0.2, 0) is 25.4 Å². The van der Waals surface area contributed by atoms with Crippen LogP contribution in [0.5, 0.6) is 0 Å². The molecule has 1 unspecified atom stereocenters. The fraction of sp³-hybridized carbons (Fsp3) is 0.450. The van der Waals surface area contributed by atoms with Gasteiger partial charge in [0, 0.05) is 12.6 Å². The van der Waals surface area contributed by atoms with E-state index in [0.29, 0.717) is 5.56 Å². The number of nitrogens with one attached hydrogen (secondary N) is 1. The van der Waals surface area contributed by atoms with Crippen LogP contribution in [-0.4, -0.2) is 74.8 Å². The molecule has 1 saturated heterocycles. The third-order valence-electron chi connectivity index (χ3n) is 6.02. The number of aryl methyl sites for hydroxylation is 1. The summed E-state index contributed by atoms with van der Waals surface area (Å²) in [6.07, 6.45) is -6.54. The lowest BCUT2D eigenvalue weighted by Gasteiger charge is -2.18. The second kappa shape index (κ2) is 11.0. The molecule has 4 rings (SSSR count). The van der Waals surface area contributed by atoms with Gasteiger partial charge in [-0.1, -0.05) is 18.2 Å². The molecule has 6 N–H and O–H groups in total. The molecule has 6 atom stereocenters. The van der Waals surface area contributed by atoms with Crippen molar-refractivity contribution in [2.24, 2.45) is 7.05 Å². The lowest BCUT2D eigenvalue weighted by Crippen LogP contribution is -2.35. The van der Waals surface area contributed by atoms with Crippen LogP contribution in [0.3, 0.4) is 0 Å². The Morgan fingerprint density at radius 2 is 1.87 bits per heavy atom. The van der Waals surface area contributed by atoms with E-state index in [0.717, 1.165) is 9.13 Å². The molecule has 15 nitrogen and oxygen atoms in total. The van der Waals surface area contributed by atoms with Gasteiger partial charge in [-0.3, -0.25) is 13.7 Å². The van der Waals surface area contributed by atoms with E-state index in [-0.39, 0.29) is 22.3 Å². The summed E-state index contributed by atoms with van der Waals surface area (Å²) in [7, 11) is -8.31. The van der Waals surface area contributed by atoms with Gasteiger partial charge in [0.1, 0.15) is 29.6 Å². The predicted octanol–water partition coefficient (Wildman–Crippen LogP) is 1.05. The molecule has 0 radical (unpaired) electrons. The van der Waals surface area contributed by atoms with E-state index >= 15 is 0 Å². The van der Waals surface area contributed by atoms with Gasteiger partial charge in [-0.2, -0.15) is 9.97 Å². The third-order valence-corrected chi connectivity index (χ3v) is 9.64. The van der Waals surface area contributed by atoms with Crippen LogP contribution in [0.15, 0.2) is 29.1 Å². The van der Waals surface area contributed by atoms with Crippen LogP contribution in [0.2, 0.25) is 5.28 Å². The molecule has 3 aromatic rings. The number of nitrogens with zero attached hydrogens (tertiary/aromatic N) is 4. The fourth-order valence-electron chi connectivity index (χ4n) is 4.22. The van der Waals surface area contributed by atoms with Gasteiger partial charge < -0.3 is 39.5 Å². The predicted molar refractivity (Wildman–Crippen MR) is 135 cm³/mol. The van der Waals surface area contributed by atoms with Crippen molar-refractivity contribution in [2.45, 2.75) is 37.5 Å². The first-order chi connectivity index (χ1) is 18.1. The number of aromatic nitrogens is 4. The minimum atomic E-state index is -4.90. The number of ether oxygens (including phenoxy) is 1. The first kappa shape index (κ1) is 29.7. The lowest BCUT2D eigenvalue weighted by molar-refractivity contribution is -0.0500. The summed E-state index contributed by atoms with van der Waals surface area (Å²) < 4.78 is 49.6. The Morgan fingerprint density at radius 3 is 2.51 bits per heavy atom. The van der Waals surface area contributed by atoms with Crippen LogP contribution in [0.1, 0.15) is 24.8 Å². The molecule has 214 valence electrons. The van der Waals surface area contributed by atoms with Crippen molar-refractivity contribution < 1.29 is 47.7 Å². The highest BCUT2D eigenvalue weighted by Crippen LogP contribution is 2.55. The standard InChI is InChI=1S/C20H25ClFN5O10P2/c1-9(10-5-3-4-6-11(10)22)23-16-13-17(25-19(21)24-16)27(20(30)26(13)2)18-15(29)14(28)12(37-18)7-36-39(34,35)8-38(31,32)33/h3-6,9,12,14-15,18,28-29H,7-8H2,1-2H3,(H,34,35)(H,23,24,25)(H2,31,32,33)/t9-,12+,14+,15+,18+/m0/s1. The van der Waals surface area contributed by atoms with Gasteiger partial charge in [0.2, 0.25) is 5.28 Å². The van der Waals surface area contributed by atoms with E-state index in [4.69, 9.17) is 30.6 Å². The molecule has 0 bridgehead atoms. The number of anilines is 1. The summed E-state index contributed by atoms with van der Waals surface area (Å²) in [5.41, 5.74) is -0.461. The van der Waals surface area contributed by atoms with E-state index < -0.39 is 69.8 Å². The zero-order valence-corrected chi connectivity index (χ0v) is 22.9. The molecule has 0 aliphatic carbocycles. The fourth-order valence-corrected chi connectivity index (χ4v) is 6.96. The number of aliphatic hydroxyl groups excluding tert-OH is 2. The van der Waals surface area contributed by atoms with Crippen LogP contribution in [0.4, 0.5) is 10.2 Å². The summed E-state index contributed by atoms with van der Waals surface area (Å²) in [5.74, 6) is -1.88. The Morgan fingerprint density at radius 1 is 1.21 bits per heavy atom. The number of rotatable bonds is 9. The first-order valence-electron chi connectivity index (χ1n) is 11.3. The maximum atomic E-state index is 14.3. The van der Waals surface area contributed by atoms with Crippen molar-refractivity contribution >= 4 is 43.8 Å². The molecule has 0 amide bonds. The molecular weight excluding hydrogens is 587 g/mol. The molecule has 1 aromatic carbocycles. The zero-order chi connectivity index (χ0) is 28.9. The van der Waals surface area contributed by atoms with E-state index in [1.165, 1.54) is 19.2 Å². The number of aliphatic hydroxyl groups is 2. The van der Waals surface area contributed by atoms with Gasteiger partial charge in [0.15, 0.2) is 23.6 Å². The number of hydrogen-bond acceptors (Lipinski definition) is 10. The highest BCUT2D eigenvalue weighted by molar-refractivity contribution is 7.70. The van der Waals surface area contributed by atoms with Crippen molar-refractivity contribution in [2.75, 3.05) is 17.8 Å². The second-order valence-corrected chi connectivity index (χ2v) is 13.2. The zero-order valence-electron chi connectivity index (χ0n) is 20.3. The summed E-state index contributed by atoms with van der Waals surface area (Å²) >= 11 is 6.12. The molecule has 2 aromatic heterocycles. The van der Waals surface area contributed by atoms with Gasteiger partial charge >= 0.3 is 20.9 Å². The van der Waals surface area contributed by atoms with Gasteiger partial charge in [-0.05, 0) is 24.6 Å². The maximum Gasteiger partial charge on any atom is 0.340 e. The molecule has 1 fully saturated rings. The Kier molecular flexibility index (Phi) is 8.37. The molecule has 1 aliphatic heterocycles. The highest BCUT2D eigenvalue weighted by atomic mass is 35.5. The second-order valence-electron chi connectivity index (χ2n) is 8.90. The number of benzene rings is 1. The lowest BCUT2D eigenvalue weighted by atomic mass is 10.1. The van der Waals surface area contributed by atoms with Crippen LogP contribution in [0.25, 0.3) is 11.2 Å². The molecule has 0 spiro atoms. The van der Waals surface area contributed by atoms with Crippen molar-refractivity contribution in [3.8, 4) is 0 Å². The number of imidazole rings is 1. The normalized spacial score (nSPS) is 24.1. The molecule has 1 aliphatic rings. The van der Waals surface area contributed by atoms with E-state index in [1.807, 2.05) is 0 Å². The van der Waals surface area contributed by atoms with Crippen LogP contribution in [0, 0.1) is 5.82 Å². The molecular formula is C20H25ClFN5O10P2. The first-order valence-corrected chi connectivity index (χ1v) is 15.2. The molecule has 3 heterocycles. The summed E-state index contributed by atoms with van der Waals surface area (Å²) in [6.45, 7) is 0.817. The summed E-state index contributed by atoms with van der Waals surface area (Å²) in [4.78, 5) is 49.0. The Bertz CT molecular complexity index is 1550. The van der Waals surface area contributed by atoms with Gasteiger partial charge in [-0.25, -0.2) is 13.8 Å². The third kappa shape index (κ3) is 6.25. The number of hydrogen-bond donors (Lipinski definition) is 6. The largest absolute Gasteiger partial charge is 0.387 e. The smallest absolute Gasteiger partial charge is 0.340 e. The van der Waals surface area contributed by atoms with Crippen molar-refractivity contribution in [1.82, 2.24) is 19.1 Å². The topological polar surface area (TPSA) is 218 Å². The molecule has 19 heteroatoms. The summed E-state index contributed by atoms with van der Waals surface area (Å²) in [5, 5.41) is 23.8. The molecule has 0 saturated carbocycles. The van der Waals surface area contributed by atoms with Crippen molar-refractivity contribution in [3.05, 3.63) is 51.4 Å². The van der Waals surface area contributed by atoms with Crippen molar-refractivity contribution in [1.29, 1.82) is 0 Å². The van der Waals surface area contributed by atoms with Crippen LogP contribution >= 0.6 is 26.8 Å². The maximum absolute atomic E-state index is 14.3. The van der Waals surface area contributed by atoms with Gasteiger partial charge in [0.05, 0.1) is 12.6 Å². The van der Waals surface area contributed by atoms with E-state index in [2.05, 4.69) is 15.3 Å². The summed E-state index contributed by atoms with van der Waals surface area (Å²) in [6, 6.07) is 5.41. The van der Waals surface area contributed by atoms with Gasteiger partial charge in [-0.15, -0.1) is 0 Å². The Hall–Kier alpha value is -2.23. The van der Waals surface area contributed by atoms with Crippen molar-refractivity contribution in [3.63, 3.8) is 0 Å². The Labute approximate surface area is 224 Å². The molecule has 39 heavy (non-hydrogen) atoms. The minimum Gasteiger partial charge on any atom is -0.387 e. The quantitative estimate of drug-likeness (QED) is 0.147. The Balaban J connectivity index is 1.66.